The van der Waals surface area contributed by atoms with E-state index >= 15 is 0 Å². The summed E-state index contributed by atoms with van der Waals surface area (Å²) in [6.07, 6.45) is 0.674. The van der Waals surface area contributed by atoms with Crippen molar-refractivity contribution in [3.63, 3.8) is 0 Å². The second-order valence-corrected chi connectivity index (χ2v) is 4.66. The second kappa shape index (κ2) is 5.14. The summed E-state index contributed by atoms with van der Waals surface area (Å²) in [6, 6.07) is 2.90. The minimum atomic E-state index is -0.573. The first-order valence-corrected chi connectivity index (χ1v) is 5.57. The molecular formula is C12H18N2O3. The number of rotatable bonds is 4. The van der Waals surface area contributed by atoms with Crippen molar-refractivity contribution in [1.29, 1.82) is 0 Å². The third-order valence-electron chi connectivity index (χ3n) is 2.69. The second-order valence-electron chi connectivity index (χ2n) is 4.66. The minimum Gasteiger partial charge on any atom is -0.502 e. The van der Waals surface area contributed by atoms with Crippen LogP contribution in [0.1, 0.15) is 37.4 Å². The molecular weight excluding hydrogens is 220 g/mol. The first-order valence-electron chi connectivity index (χ1n) is 5.57. The smallest absolute Gasteiger partial charge is 0.313 e. The van der Waals surface area contributed by atoms with Gasteiger partial charge in [0, 0.05) is 17.2 Å². The Hall–Kier alpha value is -1.62. The number of aromatic hydroxyl groups is 1. The highest BCUT2D eigenvalue weighted by molar-refractivity contribution is 5.56. The predicted molar refractivity (Wildman–Crippen MR) is 65.9 cm³/mol. The van der Waals surface area contributed by atoms with E-state index in [0.29, 0.717) is 23.5 Å². The van der Waals surface area contributed by atoms with Crippen LogP contribution < -0.4 is 5.73 Å². The number of nitro groups is 1. The lowest BCUT2D eigenvalue weighted by molar-refractivity contribution is -0.386. The summed E-state index contributed by atoms with van der Waals surface area (Å²) in [5.41, 5.74) is 6.56. The Morgan fingerprint density at radius 3 is 2.53 bits per heavy atom. The molecule has 0 heterocycles. The lowest BCUT2D eigenvalue weighted by Gasteiger charge is -2.16. The molecule has 0 unspecified atom stereocenters. The number of phenolic OH excluding ortho intramolecular Hbond substituents is 1. The van der Waals surface area contributed by atoms with Gasteiger partial charge in [0.25, 0.3) is 0 Å². The van der Waals surface area contributed by atoms with E-state index in [4.69, 9.17) is 5.73 Å². The molecule has 0 saturated carbocycles. The minimum absolute atomic E-state index is 0.248. The van der Waals surface area contributed by atoms with Crippen molar-refractivity contribution >= 4 is 5.69 Å². The van der Waals surface area contributed by atoms with E-state index in [0.717, 1.165) is 0 Å². The number of nitro benzene ring substituents is 1. The van der Waals surface area contributed by atoms with Gasteiger partial charge in [0.1, 0.15) is 0 Å². The molecule has 3 N–H and O–H groups in total. The van der Waals surface area contributed by atoms with Crippen molar-refractivity contribution in [2.45, 2.75) is 33.2 Å². The Morgan fingerprint density at radius 2 is 2.06 bits per heavy atom. The van der Waals surface area contributed by atoms with Gasteiger partial charge in [-0.05, 0) is 19.3 Å². The molecule has 1 aromatic carbocycles. The van der Waals surface area contributed by atoms with Gasteiger partial charge in [0.05, 0.1) is 4.92 Å². The van der Waals surface area contributed by atoms with Gasteiger partial charge < -0.3 is 10.8 Å². The van der Waals surface area contributed by atoms with Crippen LogP contribution in [0.5, 0.6) is 5.75 Å². The van der Waals surface area contributed by atoms with Crippen molar-refractivity contribution in [1.82, 2.24) is 0 Å². The lowest BCUT2D eigenvalue weighted by atomic mass is 9.95. The van der Waals surface area contributed by atoms with Crippen LogP contribution >= 0.6 is 0 Å². The third kappa shape index (κ3) is 2.94. The fourth-order valence-corrected chi connectivity index (χ4v) is 1.86. The van der Waals surface area contributed by atoms with Gasteiger partial charge in [-0.3, -0.25) is 10.1 Å². The Kier molecular flexibility index (Phi) is 4.07. The van der Waals surface area contributed by atoms with Crippen LogP contribution in [0, 0.1) is 23.0 Å². The molecule has 94 valence electrons. The summed E-state index contributed by atoms with van der Waals surface area (Å²) >= 11 is 0. The van der Waals surface area contributed by atoms with E-state index in [1.807, 2.05) is 13.8 Å². The topological polar surface area (TPSA) is 89.4 Å². The van der Waals surface area contributed by atoms with E-state index in [1.54, 1.807) is 19.1 Å². The number of hydrogen-bond donors (Lipinski definition) is 2. The normalized spacial score (nSPS) is 12.8. The first kappa shape index (κ1) is 13.4. The summed E-state index contributed by atoms with van der Waals surface area (Å²) in [6.45, 7) is 5.62. The average Bonchev–Trinajstić information content (AvgIpc) is 2.15. The predicted octanol–water partition coefficient (Wildman–Crippen LogP) is 2.65. The first-order chi connectivity index (χ1) is 7.84. The van der Waals surface area contributed by atoms with Crippen LogP contribution in [0.4, 0.5) is 5.69 Å². The van der Waals surface area contributed by atoms with Crippen molar-refractivity contribution < 1.29 is 10.0 Å². The Labute approximate surface area is 100 Å². The Bertz CT molecular complexity index is 430. The van der Waals surface area contributed by atoms with Crippen LogP contribution in [-0.4, -0.2) is 10.0 Å². The molecule has 1 rings (SSSR count). The fourth-order valence-electron chi connectivity index (χ4n) is 1.86. The quantitative estimate of drug-likeness (QED) is 0.623. The van der Waals surface area contributed by atoms with Gasteiger partial charge in [-0.25, -0.2) is 0 Å². The molecule has 0 saturated heterocycles. The Balaban J connectivity index is 3.19. The highest BCUT2D eigenvalue weighted by Crippen LogP contribution is 2.37. The van der Waals surface area contributed by atoms with Crippen molar-refractivity contribution in [3.8, 4) is 5.75 Å². The molecule has 0 radical (unpaired) electrons. The standard InChI is InChI=1S/C12H18N2O3/c1-7(2)6-10(13)9-5-4-8(3)11(12(9)15)14(16)17/h4-5,7,10,15H,6,13H2,1-3H3/t10-/m0/s1. The van der Waals surface area contributed by atoms with Crippen LogP contribution in [0.3, 0.4) is 0 Å². The molecule has 5 nitrogen and oxygen atoms in total. The molecule has 0 bridgehead atoms. The highest BCUT2D eigenvalue weighted by Gasteiger charge is 2.23. The van der Waals surface area contributed by atoms with Crippen LogP contribution in [0.25, 0.3) is 0 Å². The summed E-state index contributed by atoms with van der Waals surface area (Å²) in [4.78, 5) is 10.3. The van der Waals surface area contributed by atoms with Crippen molar-refractivity contribution in [2.75, 3.05) is 0 Å². The maximum atomic E-state index is 10.8. The summed E-state index contributed by atoms with van der Waals surface area (Å²) in [5.74, 6) is 0.0629. The molecule has 0 spiro atoms. The molecule has 0 aliphatic rings. The summed E-state index contributed by atoms with van der Waals surface area (Å²) in [5, 5.41) is 20.7. The number of hydrogen-bond acceptors (Lipinski definition) is 4. The van der Waals surface area contributed by atoms with E-state index in [-0.39, 0.29) is 17.5 Å². The third-order valence-corrected chi connectivity index (χ3v) is 2.69. The largest absolute Gasteiger partial charge is 0.502 e. The van der Waals surface area contributed by atoms with Gasteiger partial charge in [-0.1, -0.05) is 26.0 Å². The maximum absolute atomic E-state index is 10.8. The molecule has 17 heavy (non-hydrogen) atoms. The summed E-state index contributed by atoms with van der Waals surface area (Å²) < 4.78 is 0. The van der Waals surface area contributed by atoms with Crippen molar-refractivity contribution in [2.24, 2.45) is 11.7 Å². The Morgan fingerprint density at radius 1 is 1.47 bits per heavy atom. The van der Waals surface area contributed by atoms with Gasteiger partial charge in [0.2, 0.25) is 0 Å². The van der Waals surface area contributed by atoms with Gasteiger partial charge in [0.15, 0.2) is 5.75 Å². The van der Waals surface area contributed by atoms with E-state index in [1.165, 1.54) is 0 Å². The molecule has 0 aromatic heterocycles. The van der Waals surface area contributed by atoms with E-state index in [2.05, 4.69) is 0 Å². The number of phenols is 1. The highest BCUT2D eigenvalue weighted by atomic mass is 16.6. The van der Waals surface area contributed by atoms with Gasteiger partial charge in [-0.2, -0.15) is 0 Å². The van der Waals surface area contributed by atoms with Crippen LogP contribution in [0.15, 0.2) is 12.1 Å². The fraction of sp³-hybridized carbons (Fsp3) is 0.500. The SMILES string of the molecule is Cc1ccc([C@@H](N)CC(C)C)c(O)c1[N+](=O)[O-]. The molecule has 1 aromatic rings. The van der Waals surface area contributed by atoms with Crippen molar-refractivity contribution in [3.05, 3.63) is 33.4 Å². The summed E-state index contributed by atoms with van der Waals surface area (Å²) in [7, 11) is 0. The van der Waals surface area contributed by atoms with Gasteiger partial charge >= 0.3 is 5.69 Å². The average molecular weight is 238 g/mol. The van der Waals surface area contributed by atoms with Crippen LogP contribution in [0.2, 0.25) is 0 Å². The zero-order valence-electron chi connectivity index (χ0n) is 10.3. The molecule has 0 aliphatic carbocycles. The molecule has 0 aliphatic heterocycles. The molecule has 0 amide bonds. The number of benzene rings is 1. The number of aryl methyl sites for hydroxylation is 1. The molecule has 0 fully saturated rings. The lowest BCUT2D eigenvalue weighted by Crippen LogP contribution is -2.13. The molecule has 1 atom stereocenters. The zero-order valence-corrected chi connectivity index (χ0v) is 10.3. The zero-order chi connectivity index (χ0) is 13.2. The number of nitrogens with two attached hydrogens (primary N) is 1. The van der Waals surface area contributed by atoms with Crippen LogP contribution in [-0.2, 0) is 0 Å². The maximum Gasteiger partial charge on any atom is 0.313 e. The monoisotopic (exact) mass is 238 g/mol. The van der Waals surface area contributed by atoms with E-state index in [9.17, 15) is 15.2 Å². The van der Waals surface area contributed by atoms with Gasteiger partial charge in [-0.15, -0.1) is 0 Å². The number of nitrogens with zero attached hydrogens (tertiary/aromatic N) is 1. The van der Waals surface area contributed by atoms with E-state index < -0.39 is 4.92 Å². The molecule has 5 heteroatoms.